The molecule has 3 aromatic rings. The molecule has 7 nitrogen and oxygen atoms in total. The van der Waals surface area contributed by atoms with Crippen molar-refractivity contribution in [2.24, 2.45) is 5.92 Å². The highest BCUT2D eigenvalue weighted by molar-refractivity contribution is 6.31. The fourth-order valence-electron chi connectivity index (χ4n) is 3.88. The maximum Gasteiger partial charge on any atom is 0.411 e. The van der Waals surface area contributed by atoms with E-state index in [1.54, 1.807) is 54.9 Å². The minimum absolute atomic E-state index is 0. The molecule has 0 aliphatic carbocycles. The van der Waals surface area contributed by atoms with Gasteiger partial charge < -0.3 is 15.0 Å². The number of aromatic nitrogens is 1. The number of aryl methyl sites for hydroxylation is 1. The Morgan fingerprint density at radius 3 is 2.34 bits per heavy atom. The van der Waals surface area contributed by atoms with Crippen molar-refractivity contribution in [2.75, 3.05) is 35.2 Å². The molecule has 184 valence electrons. The SMILES string of the molecule is Cc1ccc(C(=O)Nc2ccccc2NC(=O)OCC2CCN(c3ccncc3)CC2)cc1Cl.Cl. The Morgan fingerprint density at radius 1 is 1.03 bits per heavy atom. The molecule has 1 saturated heterocycles. The van der Waals surface area contributed by atoms with Crippen LogP contribution in [0.5, 0.6) is 0 Å². The second-order valence-corrected chi connectivity index (χ2v) is 8.73. The van der Waals surface area contributed by atoms with Gasteiger partial charge in [-0.3, -0.25) is 15.1 Å². The van der Waals surface area contributed by atoms with Gasteiger partial charge in [-0.15, -0.1) is 12.4 Å². The molecule has 0 bridgehead atoms. The van der Waals surface area contributed by atoms with E-state index in [-0.39, 0.29) is 18.3 Å². The predicted octanol–water partition coefficient (Wildman–Crippen LogP) is 6.18. The van der Waals surface area contributed by atoms with Crippen molar-refractivity contribution in [1.82, 2.24) is 4.98 Å². The van der Waals surface area contributed by atoms with E-state index in [0.29, 0.717) is 34.5 Å². The first-order chi connectivity index (χ1) is 16.5. The van der Waals surface area contributed by atoms with E-state index in [1.165, 1.54) is 5.69 Å². The molecule has 4 rings (SSSR count). The summed E-state index contributed by atoms with van der Waals surface area (Å²) in [5, 5.41) is 6.09. The molecule has 1 aliphatic rings. The van der Waals surface area contributed by atoms with Crippen LogP contribution in [0.3, 0.4) is 0 Å². The molecule has 1 aliphatic heterocycles. The number of para-hydroxylation sites is 2. The minimum atomic E-state index is -0.545. The van der Waals surface area contributed by atoms with Crippen LogP contribution in [0, 0.1) is 12.8 Å². The molecule has 0 unspecified atom stereocenters. The van der Waals surface area contributed by atoms with Gasteiger partial charge in [0.25, 0.3) is 5.91 Å². The fourth-order valence-corrected chi connectivity index (χ4v) is 4.06. The monoisotopic (exact) mass is 514 g/mol. The summed E-state index contributed by atoms with van der Waals surface area (Å²) in [7, 11) is 0. The van der Waals surface area contributed by atoms with Crippen molar-refractivity contribution < 1.29 is 14.3 Å². The van der Waals surface area contributed by atoms with Crippen LogP contribution in [-0.2, 0) is 4.74 Å². The highest BCUT2D eigenvalue weighted by Crippen LogP contribution is 2.25. The molecule has 2 N–H and O–H groups in total. The molecule has 1 aromatic heterocycles. The number of carbonyl (C=O) groups excluding carboxylic acids is 2. The second kappa shape index (κ2) is 12.4. The third kappa shape index (κ3) is 7.10. The molecule has 0 radical (unpaired) electrons. The average Bonchev–Trinajstić information content (AvgIpc) is 2.86. The second-order valence-electron chi connectivity index (χ2n) is 8.32. The molecule has 9 heteroatoms. The fraction of sp³-hybridized carbons (Fsp3) is 0.269. The van der Waals surface area contributed by atoms with Crippen molar-refractivity contribution in [3.05, 3.63) is 83.1 Å². The Kier molecular flexibility index (Phi) is 9.34. The number of rotatable bonds is 6. The van der Waals surface area contributed by atoms with Crippen molar-refractivity contribution >= 4 is 53.1 Å². The minimum Gasteiger partial charge on any atom is -0.449 e. The number of halogens is 2. The van der Waals surface area contributed by atoms with E-state index in [9.17, 15) is 9.59 Å². The summed E-state index contributed by atoms with van der Waals surface area (Å²) in [6.45, 7) is 4.06. The maximum atomic E-state index is 12.7. The molecule has 0 spiro atoms. The van der Waals surface area contributed by atoms with Crippen LogP contribution in [0.4, 0.5) is 21.9 Å². The summed E-state index contributed by atoms with van der Waals surface area (Å²) in [5.74, 6) is -0.00413. The van der Waals surface area contributed by atoms with Crippen LogP contribution in [0.2, 0.25) is 5.02 Å². The van der Waals surface area contributed by atoms with E-state index in [1.807, 2.05) is 19.1 Å². The number of carbonyl (C=O) groups is 2. The Labute approximate surface area is 216 Å². The number of hydrogen-bond donors (Lipinski definition) is 2. The zero-order valence-electron chi connectivity index (χ0n) is 19.4. The van der Waals surface area contributed by atoms with Crippen LogP contribution in [0.1, 0.15) is 28.8 Å². The van der Waals surface area contributed by atoms with Crippen molar-refractivity contribution in [1.29, 1.82) is 0 Å². The smallest absolute Gasteiger partial charge is 0.411 e. The topological polar surface area (TPSA) is 83.6 Å². The zero-order chi connectivity index (χ0) is 23.9. The lowest BCUT2D eigenvalue weighted by molar-refractivity contribution is 0.102. The van der Waals surface area contributed by atoms with Crippen LogP contribution in [0.25, 0.3) is 0 Å². The number of hydrogen-bond acceptors (Lipinski definition) is 5. The third-order valence-corrected chi connectivity index (χ3v) is 6.35. The van der Waals surface area contributed by atoms with Gasteiger partial charge in [-0.1, -0.05) is 29.8 Å². The van der Waals surface area contributed by atoms with E-state index in [2.05, 4.69) is 20.5 Å². The summed E-state index contributed by atoms with van der Waals surface area (Å²) < 4.78 is 5.49. The number of pyridine rings is 1. The van der Waals surface area contributed by atoms with Gasteiger partial charge in [-0.2, -0.15) is 0 Å². The van der Waals surface area contributed by atoms with Gasteiger partial charge in [0.05, 0.1) is 18.0 Å². The van der Waals surface area contributed by atoms with Crippen LogP contribution in [-0.4, -0.2) is 36.7 Å². The predicted molar refractivity (Wildman–Crippen MR) is 142 cm³/mol. The molecular formula is C26H28Cl2N4O3. The van der Waals surface area contributed by atoms with Crippen molar-refractivity contribution in [2.45, 2.75) is 19.8 Å². The lowest BCUT2D eigenvalue weighted by Crippen LogP contribution is -2.35. The summed E-state index contributed by atoms with van der Waals surface area (Å²) in [5.41, 5.74) is 3.44. The van der Waals surface area contributed by atoms with Gasteiger partial charge in [0.1, 0.15) is 0 Å². The van der Waals surface area contributed by atoms with Crippen LogP contribution in [0.15, 0.2) is 67.0 Å². The van der Waals surface area contributed by atoms with Gasteiger partial charge in [0.15, 0.2) is 0 Å². The lowest BCUT2D eigenvalue weighted by Gasteiger charge is -2.33. The van der Waals surface area contributed by atoms with Gasteiger partial charge in [0, 0.05) is 41.8 Å². The Bertz CT molecular complexity index is 1150. The number of nitrogens with zero attached hydrogens (tertiary/aromatic N) is 2. The van der Waals surface area contributed by atoms with Gasteiger partial charge >= 0.3 is 6.09 Å². The molecule has 2 heterocycles. The normalized spacial score (nSPS) is 13.5. The number of benzene rings is 2. The molecule has 2 aromatic carbocycles. The first-order valence-corrected chi connectivity index (χ1v) is 11.6. The lowest BCUT2D eigenvalue weighted by atomic mass is 9.97. The van der Waals surface area contributed by atoms with Crippen LogP contribution >= 0.6 is 24.0 Å². The van der Waals surface area contributed by atoms with Gasteiger partial charge in [-0.05, 0) is 67.6 Å². The molecule has 0 saturated carbocycles. The highest BCUT2D eigenvalue weighted by Gasteiger charge is 2.21. The number of amides is 2. The maximum absolute atomic E-state index is 12.7. The first kappa shape index (κ1) is 26.3. The number of piperidine rings is 1. The van der Waals surface area contributed by atoms with Crippen LogP contribution < -0.4 is 15.5 Å². The summed E-state index contributed by atoms with van der Waals surface area (Å²) in [4.78, 5) is 31.5. The van der Waals surface area contributed by atoms with Gasteiger partial charge in [0.2, 0.25) is 0 Å². The standard InChI is InChI=1S/C26H27ClN4O3.ClH/c1-18-6-7-20(16-22(18)27)25(32)29-23-4-2-3-5-24(23)30-26(33)34-17-19-10-14-31(15-11-19)21-8-12-28-13-9-21;/h2-9,12-13,16,19H,10-11,14-15,17H2,1H3,(H,29,32)(H,30,33);1H. The number of nitrogens with one attached hydrogen (secondary N) is 2. The van der Waals surface area contributed by atoms with Crippen molar-refractivity contribution in [3.8, 4) is 0 Å². The zero-order valence-corrected chi connectivity index (χ0v) is 20.9. The Hall–Kier alpha value is -3.29. The Morgan fingerprint density at radius 2 is 1.69 bits per heavy atom. The molecule has 35 heavy (non-hydrogen) atoms. The van der Waals surface area contributed by atoms with E-state index >= 15 is 0 Å². The van der Waals surface area contributed by atoms with E-state index < -0.39 is 6.09 Å². The number of ether oxygens (including phenoxy) is 1. The molecule has 1 fully saturated rings. The van der Waals surface area contributed by atoms with Crippen molar-refractivity contribution in [3.63, 3.8) is 0 Å². The summed E-state index contributed by atoms with van der Waals surface area (Å²) in [6, 6.07) is 16.1. The number of anilines is 3. The molecular weight excluding hydrogens is 487 g/mol. The first-order valence-electron chi connectivity index (χ1n) is 11.2. The quantitative estimate of drug-likeness (QED) is 0.410. The third-order valence-electron chi connectivity index (χ3n) is 5.94. The summed E-state index contributed by atoms with van der Waals surface area (Å²) >= 11 is 6.14. The molecule has 0 atom stereocenters. The van der Waals surface area contributed by atoms with E-state index in [4.69, 9.17) is 16.3 Å². The van der Waals surface area contributed by atoms with Gasteiger partial charge in [-0.25, -0.2) is 4.79 Å². The average molecular weight is 515 g/mol. The largest absolute Gasteiger partial charge is 0.449 e. The molecule has 2 amide bonds. The van der Waals surface area contributed by atoms with E-state index in [0.717, 1.165) is 31.5 Å². The highest BCUT2D eigenvalue weighted by atomic mass is 35.5. The summed E-state index contributed by atoms with van der Waals surface area (Å²) in [6.07, 6.45) is 4.94. The Balaban J connectivity index is 0.00000342.